The van der Waals surface area contributed by atoms with E-state index in [1.165, 1.54) is 0 Å². The third kappa shape index (κ3) is 2.13. The Bertz CT molecular complexity index is 549. The number of hydrogen-bond acceptors (Lipinski definition) is 1. The largest absolute Gasteiger partial charge is 0.289 e. The van der Waals surface area contributed by atoms with E-state index >= 15 is 0 Å². The Morgan fingerprint density at radius 2 is 1.81 bits per heavy atom. The average Bonchev–Trinajstić information content (AvgIpc) is 2.30. The molecule has 1 nitrogen and oxygen atoms in total. The zero-order valence-electron chi connectivity index (χ0n) is 9.73. The average molecular weight is 212 g/mol. The molecule has 0 fully saturated rings. The van der Waals surface area contributed by atoms with Crippen molar-refractivity contribution in [3.8, 4) is 0 Å². The van der Waals surface area contributed by atoms with Crippen molar-refractivity contribution in [2.24, 2.45) is 5.92 Å². The van der Waals surface area contributed by atoms with Gasteiger partial charge in [0.2, 0.25) is 0 Å². The molecule has 1 aliphatic rings. The van der Waals surface area contributed by atoms with E-state index in [9.17, 15) is 4.79 Å². The van der Waals surface area contributed by atoms with Crippen molar-refractivity contribution in [3.63, 3.8) is 0 Å². The van der Waals surface area contributed by atoms with Crippen LogP contribution in [0.25, 0.3) is 12.2 Å². The maximum atomic E-state index is 11.9. The van der Waals surface area contributed by atoms with Crippen molar-refractivity contribution < 1.29 is 4.79 Å². The Hall–Kier alpha value is -1.63. The third-order valence-electron chi connectivity index (χ3n) is 2.99. The molecule has 0 amide bonds. The van der Waals surface area contributed by atoms with Gasteiger partial charge in [0, 0.05) is 5.57 Å². The van der Waals surface area contributed by atoms with E-state index in [0.717, 1.165) is 22.4 Å². The number of ketones is 1. The van der Waals surface area contributed by atoms with Gasteiger partial charge in [-0.05, 0) is 28.5 Å². The van der Waals surface area contributed by atoms with Gasteiger partial charge in [0.25, 0.3) is 0 Å². The molecular formula is C15H16O. The summed E-state index contributed by atoms with van der Waals surface area (Å²) in [5.74, 6) is 0.577. The van der Waals surface area contributed by atoms with Gasteiger partial charge < -0.3 is 0 Å². The first-order valence-electron chi connectivity index (χ1n) is 5.75. The Balaban J connectivity index is 2.52. The number of allylic oxidation sites excluding steroid dienone is 2. The molecular weight excluding hydrogens is 196 g/mol. The Labute approximate surface area is 95.8 Å². The van der Waals surface area contributed by atoms with Gasteiger partial charge in [-0.25, -0.2) is 0 Å². The monoisotopic (exact) mass is 212 g/mol. The minimum atomic E-state index is 0.124. The molecule has 0 aromatic heterocycles. The number of carbonyl (C=O) groups is 1. The number of fused-ring (bicyclic) bond motifs is 1. The maximum Gasteiger partial charge on any atom is 0.186 e. The van der Waals surface area contributed by atoms with Gasteiger partial charge in [0.15, 0.2) is 5.78 Å². The van der Waals surface area contributed by atoms with Gasteiger partial charge >= 0.3 is 0 Å². The highest BCUT2D eigenvalue weighted by Gasteiger charge is 2.09. The van der Waals surface area contributed by atoms with Crippen LogP contribution in [0.1, 0.15) is 20.3 Å². The normalized spacial score (nSPS) is 18.6. The van der Waals surface area contributed by atoms with Gasteiger partial charge in [0.1, 0.15) is 0 Å². The van der Waals surface area contributed by atoms with Crippen LogP contribution in [-0.2, 0) is 4.79 Å². The van der Waals surface area contributed by atoms with E-state index in [2.05, 4.69) is 19.9 Å². The Kier molecular flexibility index (Phi) is 3.04. The van der Waals surface area contributed by atoms with Crippen LogP contribution < -0.4 is 10.4 Å². The summed E-state index contributed by atoms with van der Waals surface area (Å²) in [5, 5.41) is 2.16. The van der Waals surface area contributed by atoms with Crippen LogP contribution in [0.2, 0.25) is 0 Å². The molecule has 16 heavy (non-hydrogen) atoms. The van der Waals surface area contributed by atoms with Crippen molar-refractivity contribution in [1.29, 1.82) is 0 Å². The molecule has 0 N–H and O–H groups in total. The summed E-state index contributed by atoms with van der Waals surface area (Å²) in [5.41, 5.74) is 0.827. The van der Waals surface area contributed by atoms with Crippen LogP contribution >= 0.6 is 0 Å². The minimum absolute atomic E-state index is 0.124. The fourth-order valence-corrected chi connectivity index (χ4v) is 1.79. The van der Waals surface area contributed by atoms with Crippen LogP contribution in [0.5, 0.6) is 0 Å². The number of carbonyl (C=O) groups excluding carboxylic acids is 1. The molecule has 0 saturated carbocycles. The van der Waals surface area contributed by atoms with Gasteiger partial charge in [-0.3, -0.25) is 4.79 Å². The van der Waals surface area contributed by atoms with Crippen molar-refractivity contribution in [1.82, 2.24) is 0 Å². The number of benzene rings is 1. The maximum absolute atomic E-state index is 11.9. The van der Waals surface area contributed by atoms with Gasteiger partial charge in [-0.2, -0.15) is 0 Å². The molecule has 0 aliphatic heterocycles. The summed E-state index contributed by atoms with van der Waals surface area (Å²) in [6.07, 6.45) is 6.84. The van der Waals surface area contributed by atoms with Gasteiger partial charge in [-0.1, -0.05) is 50.6 Å². The van der Waals surface area contributed by atoms with E-state index in [-0.39, 0.29) is 5.78 Å². The van der Waals surface area contributed by atoms with Gasteiger partial charge in [0.05, 0.1) is 0 Å². The van der Waals surface area contributed by atoms with Crippen LogP contribution in [0, 0.1) is 5.92 Å². The molecule has 1 aromatic rings. The van der Waals surface area contributed by atoms with Crippen molar-refractivity contribution >= 4 is 17.9 Å². The minimum Gasteiger partial charge on any atom is -0.289 e. The molecule has 1 unspecified atom stereocenters. The molecule has 1 heteroatoms. The van der Waals surface area contributed by atoms with Crippen molar-refractivity contribution in [2.45, 2.75) is 20.3 Å². The SMILES string of the molecule is CCC(C)C=C1C=c2ccccc2=CC1=O. The molecule has 2 rings (SSSR count). The standard InChI is InChI=1S/C15H16O/c1-3-11(2)8-14-9-12-6-4-5-7-13(12)10-15(14)16/h4-11H,3H2,1-2H3. The predicted octanol–water partition coefficient (Wildman–Crippen LogP) is 1.80. The highest BCUT2D eigenvalue weighted by Crippen LogP contribution is 2.10. The zero-order valence-corrected chi connectivity index (χ0v) is 9.73. The van der Waals surface area contributed by atoms with Crippen LogP contribution in [0.15, 0.2) is 35.9 Å². The second-order valence-electron chi connectivity index (χ2n) is 4.29. The lowest BCUT2D eigenvalue weighted by atomic mass is 9.97. The van der Waals surface area contributed by atoms with E-state index in [1.807, 2.05) is 30.3 Å². The summed E-state index contributed by atoms with van der Waals surface area (Å²) >= 11 is 0. The second-order valence-corrected chi connectivity index (χ2v) is 4.29. The van der Waals surface area contributed by atoms with E-state index in [1.54, 1.807) is 6.08 Å². The first-order chi connectivity index (χ1) is 7.70. The molecule has 0 saturated heterocycles. The topological polar surface area (TPSA) is 17.1 Å². The lowest BCUT2D eigenvalue weighted by Gasteiger charge is -2.07. The number of hydrogen-bond donors (Lipinski definition) is 0. The summed E-state index contributed by atoms with van der Waals surface area (Å²) < 4.78 is 0. The molecule has 0 spiro atoms. The summed E-state index contributed by atoms with van der Waals surface area (Å²) in [4.78, 5) is 11.9. The smallest absolute Gasteiger partial charge is 0.186 e. The molecule has 1 aliphatic carbocycles. The molecule has 1 atom stereocenters. The molecule has 0 radical (unpaired) electrons. The number of Topliss-reactive ketones (excluding diaryl/α,β-unsaturated/α-hetero) is 1. The Morgan fingerprint density at radius 3 is 2.44 bits per heavy atom. The first kappa shape index (κ1) is 10.9. The highest BCUT2D eigenvalue weighted by molar-refractivity contribution is 6.22. The number of rotatable bonds is 2. The van der Waals surface area contributed by atoms with E-state index < -0.39 is 0 Å². The summed E-state index contributed by atoms with van der Waals surface area (Å²) in [6, 6.07) is 7.98. The summed E-state index contributed by atoms with van der Waals surface area (Å²) in [6.45, 7) is 4.27. The third-order valence-corrected chi connectivity index (χ3v) is 2.99. The first-order valence-corrected chi connectivity index (χ1v) is 5.75. The summed E-state index contributed by atoms with van der Waals surface area (Å²) in [7, 11) is 0. The molecule has 0 heterocycles. The quantitative estimate of drug-likeness (QED) is 0.683. The van der Waals surface area contributed by atoms with Crippen molar-refractivity contribution in [3.05, 3.63) is 46.4 Å². The zero-order chi connectivity index (χ0) is 11.5. The fraction of sp³-hybridized carbons (Fsp3) is 0.267. The van der Waals surface area contributed by atoms with E-state index in [4.69, 9.17) is 0 Å². The second kappa shape index (κ2) is 4.48. The van der Waals surface area contributed by atoms with Crippen molar-refractivity contribution in [2.75, 3.05) is 0 Å². The van der Waals surface area contributed by atoms with Gasteiger partial charge in [-0.15, -0.1) is 0 Å². The Morgan fingerprint density at radius 1 is 1.19 bits per heavy atom. The van der Waals surface area contributed by atoms with Crippen LogP contribution in [0.3, 0.4) is 0 Å². The predicted molar refractivity (Wildman–Crippen MR) is 67.2 cm³/mol. The van der Waals surface area contributed by atoms with Crippen LogP contribution in [0.4, 0.5) is 0 Å². The van der Waals surface area contributed by atoms with Crippen LogP contribution in [-0.4, -0.2) is 5.78 Å². The molecule has 1 aromatic carbocycles. The lowest BCUT2D eigenvalue weighted by Crippen LogP contribution is -2.29. The highest BCUT2D eigenvalue weighted by atomic mass is 16.1. The van der Waals surface area contributed by atoms with E-state index in [0.29, 0.717) is 5.92 Å². The fourth-order valence-electron chi connectivity index (χ4n) is 1.79. The molecule has 82 valence electrons. The lowest BCUT2D eigenvalue weighted by molar-refractivity contribution is -0.109. The molecule has 0 bridgehead atoms.